The second-order valence-electron chi connectivity index (χ2n) is 37.7. The zero-order valence-corrected chi connectivity index (χ0v) is 76.6. The topological polar surface area (TPSA) is 130 Å². The molecule has 14 aromatic rings. The molecule has 0 amide bonds. The lowest BCUT2D eigenvalue weighted by Crippen LogP contribution is -2.45. The van der Waals surface area contributed by atoms with Gasteiger partial charge in [0.25, 0.3) is 0 Å². The molecule has 0 unspecified atom stereocenters. The second kappa shape index (κ2) is 42.7. The Hall–Kier alpha value is -9.60. The van der Waals surface area contributed by atoms with Crippen molar-refractivity contribution in [3.05, 3.63) is 253 Å². The van der Waals surface area contributed by atoms with Gasteiger partial charge in [0.2, 0.25) is 0 Å². The number of nitrogens with zero attached hydrogens (tertiary/aromatic N) is 4. The van der Waals surface area contributed by atoms with E-state index in [0.29, 0.717) is 26.4 Å². The number of rotatable bonds is 48. The van der Waals surface area contributed by atoms with Crippen molar-refractivity contribution in [2.75, 3.05) is 132 Å². The van der Waals surface area contributed by atoms with E-state index in [2.05, 4.69) is 277 Å². The fourth-order valence-electron chi connectivity index (χ4n) is 19.3. The summed E-state index contributed by atoms with van der Waals surface area (Å²) in [6.07, 6.45) is 25.2. The molecule has 129 heavy (non-hydrogen) atoms. The van der Waals surface area contributed by atoms with Crippen LogP contribution in [0, 0.1) is 21.7 Å². The Labute approximate surface area is 761 Å². The molecule has 4 aliphatic heterocycles. The Balaban J connectivity index is 0.000000174. The predicted octanol–water partition coefficient (Wildman–Crippen LogP) is 25.8. The maximum absolute atomic E-state index is 6.32. The van der Waals surface area contributed by atoms with Gasteiger partial charge in [0.05, 0.1) is 150 Å². The summed E-state index contributed by atoms with van der Waals surface area (Å²) in [5.74, 6) is 0. The molecule has 10 aromatic carbocycles. The smallest absolute Gasteiger partial charge is 0.0717 e. The van der Waals surface area contributed by atoms with Crippen LogP contribution in [0.15, 0.2) is 231 Å². The molecule has 676 valence electrons. The Morgan fingerprint density at radius 2 is 0.612 bits per heavy atom. The second-order valence-corrected chi connectivity index (χ2v) is 37.7. The van der Waals surface area contributed by atoms with Crippen LogP contribution in [0.2, 0.25) is 0 Å². The molecule has 4 saturated heterocycles. The third-order valence-electron chi connectivity index (χ3n) is 27.7. The van der Waals surface area contributed by atoms with Crippen molar-refractivity contribution in [2.24, 2.45) is 21.7 Å². The molecular formula is C113H132N4O12. The van der Waals surface area contributed by atoms with E-state index in [1.54, 1.807) is 0 Å². The Morgan fingerprint density at radius 1 is 0.287 bits per heavy atom. The minimum absolute atomic E-state index is 0.213. The van der Waals surface area contributed by atoms with Crippen LogP contribution >= 0.6 is 0 Å². The summed E-state index contributed by atoms with van der Waals surface area (Å²) in [4.78, 5) is 0. The average molecular weight is 1740 g/mol. The quantitative estimate of drug-likeness (QED) is 0.0337. The molecular weight excluding hydrogens is 1610 g/mol. The van der Waals surface area contributed by atoms with Gasteiger partial charge in [-0.3, -0.25) is 0 Å². The molecule has 0 saturated carbocycles. The van der Waals surface area contributed by atoms with Gasteiger partial charge in [-0.05, 0) is 264 Å². The van der Waals surface area contributed by atoms with Crippen molar-refractivity contribution >= 4 is 92.9 Å². The highest BCUT2D eigenvalue weighted by atomic mass is 16.5. The van der Waals surface area contributed by atoms with Crippen molar-refractivity contribution in [3.63, 3.8) is 0 Å². The van der Waals surface area contributed by atoms with E-state index in [1.807, 2.05) is 0 Å². The minimum atomic E-state index is 0.213. The van der Waals surface area contributed by atoms with Crippen LogP contribution < -0.4 is 0 Å². The highest BCUT2D eigenvalue weighted by Gasteiger charge is 2.39. The number of hydrogen-bond donors (Lipinski definition) is 0. The SMILES string of the molecule is CCC1(COCCCCCOCc2ccc3c(c2)c2c(ccc4c5cc(COCCCCCOCC6(CC)COC6)ccc5n(-c5ccccc5)c42)n3-c2ccccc2)COC1.CCC1(COCCCCCOCc2ccc3c(c2)c2cc(-c4ccc5c(c4)c4cc(COCCCCCOCC6(C)COC6)ccc4n5C4=CCCC=C4)ccc2n3-c2ccccc2)COC1. The van der Waals surface area contributed by atoms with Gasteiger partial charge in [0.1, 0.15) is 0 Å². The number of ether oxygens (including phenoxy) is 12. The normalized spacial score (nSPS) is 16.2. The van der Waals surface area contributed by atoms with Gasteiger partial charge < -0.3 is 75.1 Å². The van der Waals surface area contributed by atoms with Crippen molar-refractivity contribution in [2.45, 2.75) is 163 Å². The molecule has 0 N–H and O–H groups in total. The Kier molecular flexibility index (Phi) is 29.8. The Bertz CT molecular complexity index is 6110. The van der Waals surface area contributed by atoms with Crippen molar-refractivity contribution in [3.8, 4) is 28.2 Å². The van der Waals surface area contributed by atoms with Gasteiger partial charge in [0, 0.05) is 140 Å². The van der Waals surface area contributed by atoms with Gasteiger partial charge in [-0.25, -0.2) is 0 Å². The van der Waals surface area contributed by atoms with E-state index in [4.69, 9.17) is 56.8 Å². The number of benzene rings is 10. The number of unbranched alkanes of at least 4 members (excludes halogenated alkanes) is 8. The monoisotopic (exact) mass is 1740 g/mol. The summed E-state index contributed by atoms with van der Waals surface area (Å²) in [7, 11) is 0. The molecule has 0 spiro atoms. The number of fused-ring (bicyclic) bond motifs is 13. The van der Waals surface area contributed by atoms with E-state index < -0.39 is 0 Å². The summed E-state index contributed by atoms with van der Waals surface area (Å²) in [6, 6.07) is 78.4. The molecule has 19 rings (SSSR count). The third-order valence-corrected chi connectivity index (χ3v) is 27.7. The lowest BCUT2D eigenvalue weighted by atomic mass is 9.84. The van der Waals surface area contributed by atoms with E-state index in [9.17, 15) is 0 Å². The largest absolute Gasteiger partial charge is 0.381 e. The standard InChI is InChI=1S/C59H68N2O6.C54H64N2O6/c1-3-59(42-67-43-59)41-65-31-15-7-13-29-63-37-45-21-25-55-51(33-45)53-35-47(23-27-57(53)61(55)49-18-10-5-11-19-49)46-22-26-56-52(34-46)50-32-44(20-24-54(50)60(56)48-16-8-4-9-17-48)36-62-28-12-6-14-30-64-38-58(2)39-66-40-58;1-3-53(37-61-38-53)35-59-29-15-7-13-27-57-33-41-21-24-48-46(31-41)45-23-26-50-51(52(45)56(48)44-19-11-6-12-20-44)47-32-42(22-25-49(47)55(50)43-17-9-5-10-18-43)34-58-28-14-8-16-30-60-36-54(4-2)39-62-40-54/h5,8,10-11,16-27,32-35H,3-4,6-7,9,12-15,28-31,36-43H2,1-2H3;5-6,9-12,17-26,31-32H,3-4,7-8,13-16,27-30,33-40H2,1-2H3. The minimum Gasteiger partial charge on any atom is -0.381 e. The van der Waals surface area contributed by atoms with Crippen LogP contribution in [0.5, 0.6) is 0 Å². The molecule has 5 aliphatic rings. The van der Waals surface area contributed by atoms with E-state index in [0.717, 1.165) is 258 Å². The van der Waals surface area contributed by atoms with E-state index >= 15 is 0 Å². The summed E-state index contributed by atoms with van der Waals surface area (Å²) in [6.45, 7) is 27.4. The predicted molar refractivity (Wildman–Crippen MR) is 524 cm³/mol. The summed E-state index contributed by atoms with van der Waals surface area (Å²) >= 11 is 0. The van der Waals surface area contributed by atoms with E-state index in [1.165, 1.54) is 126 Å². The number of para-hydroxylation sites is 3. The molecule has 4 aromatic heterocycles. The summed E-state index contributed by atoms with van der Waals surface area (Å²) in [5.41, 5.74) is 22.4. The van der Waals surface area contributed by atoms with Crippen molar-refractivity contribution in [1.82, 2.24) is 18.3 Å². The van der Waals surface area contributed by atoms with Gasteiger partial charge in [-0.1, -0.05) is 137 Å². The van der Waals surface area contributed by atoms with Crippen molar-refractivity contribution in [1.29, 1.82) is 0 Å². The lowest BCUT2D eigenvalue weighted by Gasteiger charge is -2.40. The molecule has 16 nitrogen and oxygen atoms in total. The zero-order chi connectivity index (χ0) is 87.7. The van der Waals surface area contributed by atoms with Crippen molar-refractivity contribution < 1.29 is 56.8 Å². The van der Waals surface area contributed by atoms with Gasteiger partial charge in [0.15, 0.2) is 0 Å². The summed E-state index contributed by atoms with van der Waals surface area (Å²) < 4.78 is 80.5. The number of allylic oxidation sites excluding steroid dienone is 4. The maximum atomic E-state index is 6.32. The van der Waals surface area contributed by atoms with Crippen LogP contribution in [-0.2, 0) is 83.3 Å². The first-order valence-electron chi connectivity index (χ1n) is 48.2. The van der Waals surface area contributed by atoms with Gasteiger partial charge >= 0.3 is 0 Å². The zero-order valence-electron chi connectivity index (χ0n) is 76.6. The van der Waals surface area contributed by atoms with Crippen LogP contribution in [-0.4, -0.2) is 150 Å². The molecule has 16 heteroatoms. The highest BCUT2D eigenvalue weighted by Crippen LogP contribution is 2.46. The van der Waals surface area contributed by atoms with Crippen LogP contribution in [0.3, 0.4) is 0 Å². The highest BCUT2D eigenvalue weighted by molar-refractivity contribution is 6.26. The first-order valence-corrected chi connectivity index (χ1v) is 48.2. The number of hydrogen-bond acceptors (Lipinski definition) is 12. The fraction of sp³-hybridized carbons (Fsp3) is 0.434. The molecule has 0 radical (unpaired) electrons. The molecule has 0 bridgehead atoms. The van der Waals surface area contributed by atoms with Crippen LogP contribution in [0.1, 0.15) is 159 Å². The summed E-state index contributed by atoms with van der Waals surface area (Å²) in [5, 5.41) is 9.93. The van der Waals surface area contributed by atoms with Gasteiger partial charge in [-0.2, -0.15) is 0 Å². The fourth-order valence-corrected chi connectivity index (χ4v) is 19.3. The average Bonchev–Trinajstić information content (AvgIpc) is 1.55. The lowest BCUT2D eigenvalue weighted by molar-refractivity contribution is -0.150. The Morgan fingerprint density at radius 3 is 0.984 bits per heavy atom. The van der Waals surface area contributed by atoms with Gasteiger partial charge in [-0.15, -0.1) is 0 Å². The molecule has 8 heterocycles. The van der Waals surface area contributed by atoms with Crippen LogP contribution in [0.4, 0.5) is 0 Å². The molecule has 0 atom stereocenters. The third kappa shape index (κ3) is 20.7. The first kappa shape index (κ1) is 90.0. The molecule has 1 aliphatic carbocycles. The number of aromatic nitrogens is 4. The molecule has 4 fully saturated rings. The maximum Gasteiger partial charge on any atom is 0.0717 e. The first-order chi connectivity index (χ1) is 63.6. The van der Waals surface area contributed by atoms with Crippen LogP contribution in [0.25, 0.3) is 121 Å². The van der Waals surface area contributed by atoms with E-state index in [-0.39, 0.29) is 21.7 Å².